The maximum atomic E-state index is 14.3. The molecule has 0 unspecified atom stereocenters. The number of esters is 1. The van der Waals surface area contributed by atoms with Gasteiger partial charge in [-0.1, -0.05) is 11.6 Å². The summed E-state index contributed by atoms with van der Waals surface area (Å²) in [7, 11) is 0. The first-order chi connectivity index (χ1) is 17.5. The summed E-state index contributed by atoms with van der Waals surface area (Å²) in [4.78, 5) is 21.7. The van der Waals surface area contributed by atoms with Crippen molar-refractivity contribution in [3.8, 4) is 0 Å². The summed E-state index contributed by atoms with van der Waals surface area (Å²) in [5, 5.41) is 16.3. The Bertz CT molecular complexity index is 1080. The second kappa shape index (κ2) is 12.6. The van der Waals surface area contributed by atoms with Crippen LogP contribution in [-0.2, 0) is 15.7 Å². The molecular weight excluding hydrogens is 520 g/mol. The number of nitrogens with zero attached hydrogens (tertiary/aromatic N) is 3. The molecule has 3 rings (SSSR count). The molecule has 0 bridgehead atoms. The molecule has 1 aromatic carbocycles. The molecule has 0 amide bonds. The van der Waals surface area contributed by atoms with Crippen LogP contribution < -0.4 is 21.3 Å². The normalized spacial score (nSPS) is 18.9. The standard InChI is InChI=1S/C23H29ClF4N6O3/c1-2-37-22(36)16(33-15-9-13(23(26,27)28)8-14(24)10-15)4-3-6-30-17-11-34(7-5-18(17)35)21-19(25)20(29)31-12-32-21/h8-10,12,16-18,30,33,35H,2-7,11H2,1H3,(H2,29,31,32)/t16-,17+,18+/m1/s1. The third-order valence-electron chi connectivity index (χ3n) is 5.89. The van der Waals surface area contributed by atoms with Crippen molar-refractivity contribution in [3.63, 3.8) is 0 Å². The van der Waals surface area contributed by atoms with Crippen molar-refractivity contribution in [2.45, 2.75) is 50.6 Å². The van der Waals surface area contributed by atoms with Gasteiger partial charge in [0, 0.05) is 23.8 Å². The van der Waals surface area contributed by atoms with Gasteiger partial charge in [-0.2, -0.15) is 17.6 Å². The third-order valence-corrected chi connectivity index (χ3v) is 6.11. The molecule has 204 valence electrons. The Morgan fingerprint density at radius 2 is 2.11 bits per heavy atom. The maximum Gasteiger partial charge on any atom is 0.416 e. The van der Waals surface area contributed by atoms with Gasteiger partial charge in [-0.3, -0.25) is 0 Å². The van der Waals surface area contributed by atoms with Crippen molar-refractivity contribution < 1.29 is 32.2 Å². The lowest BCUT2D eigenvalue weighted by atomic mass is 10.0. The van der Waals surface area contributed by atoms with E-state index in [1.807, 2.05) is 0 Å². The third kappa shape index (κ3) is 7.79. The van der Waals surface area contributed by atoms with E-state index in [1.54, 1.807) is 11.8 Å². The summed E-state index contributed by atoms with van der Waals surface area (Å²) in [5.74, 6) is -1.55. The van der Waals surface area contributed by atoms with Crippen LogP contribution >= 0.6 is 11.6 Å². The molecule has 1 aromatic heterocycles. The van der Waals surface area contributed by atoms with Crippen LogP contribution in [0.5, 0.6) is 0 Å². The second-order valence-corrected chi connectivity index (χ2v) is 9.01. The predicted molar refractivity (Wildman–Crippen MR) is 131 cm³/mol. The molecule has 3 atom stereocenters. The topological polar surface area (TPSA) is 126 Å². The van der Waals surface area contributed by atoms with E-state index in [9.17, 15) is 27.5 Å². The average Bonchev–Trinajstić information content (AvgIpc) is 2.83. The van der Waals surface area contributed by atoms with E-state index in [0.29, 0.717) is 25.9 Å². The number of benzene rings is 1. The molecule has 0 aliphatic carbocycles. The number of ether oxygens (including phenoxy) is 1. The van der Waals surface area contributed by atoms with Crippen LogP contribution in [0.3, 0.4) is 0 Å². The zero-order valence-electron chi connectivity index (χ0n) is 20.1. The maximum absolute atomic E-state index is 14.3. The molecule has 14 heteroatoms. The first-order valence-electron chi connectivity index (χ1n) is 11.7. The molecule has 0 saturated carbocycles. The van der Waals surface area contributed by atoms with E-state index in [2.05, 4.69) is 20.6 Å². The number of anilines is 3. The van der Waals surface area contributed by atoms with E-state index < -0.39 is 41.7 Å². The molecular formula is C23H29ClF4N6O3. The van der Waals surface area contributed by atoms with Gasteiger partial charge in [-0.05, 0) is 50.9 Å². The van der Waals surface area contributed by atoms with Crippen LogP contribution in [0.4, 0.5) is 34.9 Å². The SMILES string of the molecule is CCOC(=O)[C@@H](CCCN[C@H]1CN(c2ncnc(N)c2F)CC[C@@H]1O)Nc1cc(Cl)cc(C(F)(F)F)c1. The minimum Gasteiger partial charge on any atom is -0.464 e. The lowest BCUT2D eigenvalue weighted by Crippen LogP contribution is -2.54. The Labute approximate surface area is 216 Å². The van der Waals surface area contributed by atoms with Gasteiger partial charge >= 0.3 is 12.1 Å². The highest BCUT2D eigenvalue weighted by atomic mass is 35.5. The van der Waals surface area contributed by atoms with Crippen molar-refractivity contribution in [1.82, 2.24) is 15.3 Å². The number of aliphatic hydroxyl groups excluding tert-OH is 1. The fourth-order valence-corrected chi connectivity index (χ4v) is 4.29. The summed E-state index contributed by atoms with van der Waals surface area (Å²) in [6.45, 7) is 2.73. The number of hydrogen-bond donors (Lipinski definition) is 4. The monoisotopic (exact) mass is 548 g/mol. The zero-order chi connectivity index (χ0) is 27.2. The summed E-state index contributed by atoms with van der Waals surface area (Å²) in [5.41, 5.74) is 4.63. The number of carbonyl (C=O) groups is 1. The van der Waals surface area contributed by atoms with Gasteiger partial charge in [-0.25, -0.2) is 14.8 Å². The van der Waals surface area contributed by atoms with Crippen molar-refractivity contribution in [3.05, 3.63) is 40.9 Å². The smallest absolute Gasteiger partial charge is 0.416 e. The van der Waals surface area contributed by atoms with Crippen molar-refractivity contribution in [1.29, 1.82) is 0 Å². The second-order valence-electron chi connectivity index (χ2n) is 8.58. The number of carbonyl (C=O) groups excluding carboxylic acids is 1. The number of rotatable bonds is 10. The number of piperidine rings is 1. The van der Waals surface area contributed by atoms with Crippen LogP contribution in [0.25, 0.3) is 0 Å². The molecule has 0 radical (unpaired) electrons. The number of nitrogen functional groups attached to an aromatic ring is 1. The van der Waals surface area contributed by atoms with Gasteiger partial charge in [0.15, 0.2) is 11.6 Å². The fourth-order valence-electron chi connectivity index (χ4n) is 4.05. The number of nitrogens with two attached hydrogens (primary N) is 1. The molecule has 37 heavy (non-hydrogen) atoms. The first-order valence-corrected chi connectivity index (χ1v) is 12.1. The Kier molecular flexibility index (Phi) is 9.74. The molecule has 1 saturated heterocycles. The Morgan fingerprint density at radius 3 is 2.81 bits per heavy atom. The molecule has 0 spiro atoms. The molecule has 2 aromatic rings. The Hall–Kier alpha value is -2.90. The average molecular weight is 549 g/mol. The van der Waals surface area contributed by atoms with Crippen LogP contribution in [0.2, 0.25) is 5.02 Å². The number of alkyl halides is 3. The molecule has 1 aliphatic heterocycles. The van der Waals surface area contributed by atoms with Gasteiger partial charge < -0.3 is 31.1 Å². The first kappa shape index (κ1) is 28.7. The molecule has 5 N–H and O–H groups in total. The molecule has 1 fully saturated rings. The predicted octanol–water partition coefficient (Wildman–Crippen LogP) is 3.22. The summed E-state index contributed by atoms with van der Waals surface area (Å²) >= 11 is 5.85. The number of aromatic nitrogens is 2. The van der Waals surface area contributed by atoms with E-state index >= 15 is 0 Å². The van der Waals surface area contributed by atoms with Gasteiger partial charge in [0.2, 0.25) is 5.82 Å². The Morgan fingerprint density at radius 1 is 1.35 bits per heavy atom. The van der Waals surface area contributed by atoms with Gasteiger partial charge in [-0.15, -0.1) is 0 Å². The summed E-state index contributed by atoms with van der Waals surface area (Å²) < 4.78 is 58.9. The van der Waals surface area contributed by atoms with Crippen LogP contribution in [0, 0.1) is 5.82 Å². The van der Waals surface area contributed by atoms with Gasteiger partial charge in [0.1, 0.15) is 12.4 Å². The molecule has 1 aliphatic rings. The quantitative estimate of drug-likeness (QED) is 0.201. The number of aliphatic hydroxyl groups is 1. The summed E-state index contributed by atoms with van der Waals surface area (Å²) in [6.07, 6.45) is -3.11. The van der Waals surface area contributed by atoms with E-state index in [1.165, 1.54) is 12.4 Å². The summed E-state index contributed by atoms with van der Waals surface area (Å²) in [6, 6.07) is 1.64. The zero-order valence-corrected chi connectivity index (χ0v) is 20.8. The minimum absolute atomic E-state index is 0.0373. The van der Waals surface area contributed by atoms with Crippen molar-refractivity contribution in [2.75, 3.05) is 42.2 Å². The van der Waals surface area contributed by atoms with Crippen molar-refractivity contribution in [2.24, 2.45) is 0 Å². The van der Waals surface area contributed by atoms with Crippen LogP contribution in [0.1, 0.15) is 31.7 Å². The highest BCUT2D eigenvalue weighted by Crippen LogP contribution is 2.33. The number of hydrogen-bond acceptors (Lipinski definition) is 9. The number of halogens is 5. The van der Waals surface area contributed by atoms with E-state index in [4.69, 9.17) is 22.1 Å². The van der Waals surface area contributed by atoms with Crippen molar-refractivity contribution >= 4 is 34.9 Å². The molecule has 9 nitrogen and oxygen atoms in total. The van der Waals surface area contributed by atoms with Gasteiger partial charge in [0.05, 0.1) is 24.3 Å². The van der Waals surface area contributed by atoms with E-state index in [0.717, 1.165) is 12.1 Å². The lowest BCUT2D eigenvalue weighted by Gasteiger charge is -2.37. The fraction of sp³-hybridized carbons (Fsp3) is 0.522. The minimum atomic E-state index is -4.60. The number of nitrogens with one attached hydrogen (secondary N) is 2. The molecule has 2 heterocycles. The lowest BCUT2D eigenvalue weighted by molar-refractivity contribution is -0.144. The van der Waals surface area contributed by atoms with Gasteiger partial charge in [0.25, 0.3) is 0 Å². The van der Waals surface area contributed by atoms with Crippen LogP contribution in [0.15, 0.2) is 24.5 Å². The largest absolute Gasteiger partial charge is 0.464 e. The van der Waals surface area contributed by atoms with Crippen LogP contribution in [-0.4, -0.2) is 65.5 Å². The highest BCUT2D eigenvalue weighted by molar-refractivity contribution is 6.31. The Balaban J connectivity index is 1.60. The highest BCUT2D eigenvalue weighted by Gasteiger charge is 2.32. The van der Waals surface area contributed by atoms with E-state index in [-0.39, 0.29) is 41.9 Å².